The summed E-state index contributed by atoms with van der Waals surface area (Å²) in [7, 11) is 0. The van der Waals surface area contributed by atoms with Crippen LogP contribution in [0, 0.1) is 0 Å². The van der Waals surface area contributed by atoms with E-state index in [1.165, 1.54) is 0 Å². The maximum absolute atomic E-state index is 10.2. The maximum atomic E-state index is 10.2. The number of rotatable bonds is 5. The van der Waals surface area contributed by atoms with Crippen molar-refractivity contribution < 1.29 is 5.11 Å². The fourth-order valence-corrected chi connectivity index (χ4v) is 2.67. The molecule has 2 rings (SSSR count). The van der Waals surface area contributed by atoms with Gasteiger partial charge in [-0.25, -0.2) is 4.98 Å². The van der Waals surface area contributed by atoms with E-state index >= 15 is 0 Å². The van der Waals surface area contributed by atoms with E-state index < -0.39 is 5.60 Å². The monoisotopic (exact) mass is 265 g/mol. The van der Waals surface area contributed by atoms with Crippen LogP contribution in [0.25, 0.3) is 10.2 Å². The molecule has 0 spiro atoms. The van der Waals surface area contributed by atoms with Gasteiger partial charge in [-0.1, -0.05) is 25.2 Å². The van der Waals surface area contributed by atoms with Crippen molar-refractivity contribution in [3.8, 4) is 0 Å². The predicted octanol–water partition coefficient (Wildman–Crippen LogP) is 2.84. The van der Waals surface area contributed by atoms with Gasteiger partial charge in [-0.3, -0.25) is 0 Å². The lowest BCUT2D eigenvalue weighted by molar-refractivity contribution is 0.0457. The van der Waals surface area contributed by atoms with Crippen LogP contribution < -0.4 is 11.1 Å². The third kappa shape index (κ3) is 2.73. The van der Waals surface area contributed by atoms with Crippen molar-refractivity contribution >= 4 is 32.4 Å². The number of aromatic nitrogens is 1. The van der Waals surface area contributed by atoms with Crippen LogP contribution >= 0.6 is 11.3 Å². The number of fused-ring (bicyclic) bond motifs is 1. The molecule has 0 amide bonds. The molecule has 0 saturated carbocycles. The predicted molar refractivity (Wildman–Crippen MR) is 78.1 cm³/mol. The number of hydrogen-bond acceptors (Lipinski definition) is 5. The minimum Gasteiger partial charge on any atom is -0.399 e. The van der Waals surface area contributed by atoms with E-state index in [1.54, 1.807) is 11.3 Å². The van der Waals surface area contributed by atoms with Gasteiger partial charge in [0.15, 0.2) is 5.13 Å². The lowest BCUT2D eigenvalue weighted by Crippen LogP contribution is -2.35. The van der Waals surface area contributed by atoms with Gasteiger partial charge in [-0.2, -0.15) is 0 Å². The Labute approximate surface area is 111 Å². The van der Waals surface area contributed by atoms with Crippen molar-refractivity contribution in [3.63, 3.8) is 0 Å². The lowest BCUT2D eigenvalue weighted by Gasteiger charge is -2.25. The standard InChI is InChI=1S/C13H19N3OS/c1-3-13(17,4-2)8-15-12-16-10-6-5-9(14)7-11(10)18-12/h5-7,17H,3-4,8,14H2,1-2H3,(H,15,16). The minimum atomic E-state index is -0.656. The van der Waals surface area contributed by atoms with E-state index in [2.05, 4.69) is 10.3 Å². The van der Waals surface area contributed by atoms with E-state index in [9.17, 15) is 5.11 Å². The highest BCUT2D eigenvalue weighted by Crippen LogP contribution is 2.28. The van der Waals surface area contributed by atoms with Crippen molar-refractivity contribution in [2.75, 3.05) is 17.6 Å². The molecule has 0 fully saturated rings. The average Bonchev–Trinajstić information content (AvgIpc) is 2.78. The SMILES string of the molecule is CCC(O)(CC)CNc1nc2ccc(N)cc2s1. The smallest absolute Gasteiger partial charge is 0.183 e. The molecule has 1 aromatic heterocycles. The number of nitrogens with two attached hydrogens (primary N) is 1. The Kier molecular flexibility index (Phi) is 3.73. The highest BCUT2D eigenvalue weighted by atomic mass is 32.1. The molecule has 5 heteroatoms. The first-order valence-corrected chi connectivity index (χ1v) is 7.00. The van der Waals surface area contributed by atoms with Crippen LogP contribution in [0.4, 0.5) is 10.8 Å². The van der Waals surface area contributed by atoms with Gasteiger partial charge in [0.2, 0.25) is 0 Å². The van der Waals surface area contributed by atoms with Gasteiger partial charge in [-0.05, 0) is 31.0 Å². The van der Waals surface area contributed by atoms with Gasteiger partial charge >= 0.3 is 0 Å². The Morgan fingerprint density at radius 3 is 2.78 bits per heavy atom. The summed E-state index contributed by atoms with van der Waals surface area (Å²) in [6.45, 7) is 4.50. The molecule has 0 atom stereocenters. The van der Waals surface area contributed by atoms with Crippen LogP contribution in [-0.2, 0) is 0 Å². The van der Waals surface area contributed by atoms with Gasteiger partial charge in [0.05, 0.1) is 15.8 Å². The van der Waals surface area contributed by atoms with Crippen molar-refractivity contribution in [3.05, 3.63) is 18.2 Å². The maximum Gasteiger partial charge on any atom is 0.183 e. The largest absolute Gasteiger partial charge is 0.399 e. The van der Waals surface area contributed by atoms with E-state index in [0.29, 0.717) is 6.54 Å². The number of nitrogen functional groups attached to an aromatic ring is 1. The Morgan fingerprint density at radius 2 is 2.11 bits per heavy atom. The van der Waals surface area contributed by atoms with Gasteiger partial charge in [0.25, 0.3) is 0 Å². The van der Waals surface area contributed by atoms with Crippen LogP contribution in [0.15, 0.2) is 18.2 Å². The highest BCUT2D eigenvalue weighted by Gasteiger charge is 2.22. The molecule has 1 heterocycles. The summed E-state index contributed by atoms with van der Waals surface area (Å²) < 4.78 is 1.06. The highest BCUT2D eigenvalue weighted by molar-refractivity contribution is 7.22. The third-order valence-electron chi connectivity index (χ3n) is 3.30. The summed E-state index contributed by atoms with van der Waals surface area (Å²) >= 11 is 1.56. The molecule has 0 saturated heterocycles. The van der Waals surface area contributed by atoms with E-state index in [4.69, 9.17) is 5.73 Å². The molecule has 4 nitrogen and oxygen atoms in total. The van der Waals surface area contributed by atoms with Crippen LogP contribution in [-0.4, -0.2) is 22.2 Å². The molecule has 0 aliphatic rings. The summed E-state index contributed by atoms with van der Waals surface area (Å²) in [5, 5.41) is 14.2. The first-order valence-electron chi connectivity index (χ1n) is 6.18. The molecule has 0 aliphatic carbocycles. The Balaban J connectivity index is 2.13. The molecular weight excluding hydrogens is 246 g/mol. The molecule has 1 aromatic carbocycles. The summed E-state index contributed by atoms with van der Waals surface area (Å²) in [6, 6.07) is 5.68. The number of anilines is 2. The fraction of sp³-hybridized carbons (Fsp3) is 0.462. The van der Waals surface area contributed by atoms with Crippen molar-refractivity contribution in [2.24, 2.45) is 0 Å². The first-order chi connectivity index (χ1) is 8.56. The normalized spacial score (nSPS) is 11.9. The molecule has 4 N–H and O–H groups in total. The van der Waals surface area contributed by atoms with Gasteiger partial charge in [-0.15, -0.1) is 0 Å². The Bertz CT molecular complexity index is 534. The number of thiazole rings is 1. The minimum absolute atomic E-state index is 0.523. The third-order valence-corrected chi connectivity index (χ3v) is 4.27. The van der Waals surface area contributed by atoms with Crippen molar-refractivity contribution in [1.29, 1.82) is 0 Å². The molecule has 0 bridgehead atoms. The number of nitrogens with zero attached hydrogens (tertiary/aromatic N) is 1. The zero-order chi connectivity index (χ0) is 13.2. The van der Waals surface area contributed by atoms with Crippen LogP contribution in [0.3, 0.4) is 0 Å². The zero-order valence-electron chi connectivity index (χ0n) is 10.7. The molecule has 0 unspecified atom stereocenters. The van der Waals surface area contributed by atoms with Gasteiger partial charge in [0.1, 0.15) is 0 Å². The van der Waals surface area contributed by atoms with E-state index in [-0.39, 0.29) is 0 Å². The second kappa shape index (κ2) is 5.12. The summed E-state index contributed by atoms with van der Waals surface area (Å²) in [5.41, 5.74) is 6.77. The molecule has 2 aromatic rings. The van der Waals surface area contributed by atoms with E-state index in [0.717, 1.165) is 33.9 Å². The van der Waals surface area contributed by atoms with Gasteiger partial charge in [0, 0.05) is 12.2 Å². The Morgan fingerprint density at radius 1 is 1.39 bits per heavy atom. The quantitative estimate of drug-likeness (QED) is 0.727. The first kappa shape index (κ1) is 13.1. The second-order valence-electron chi connectivity index (χ2n) is 4.53. The summed E-state index contributed by atoms with van der Waals surface area (Å²) in [5.74, 6) is 0. The molecule has 0 aliphatic heterocycles. The number of nitrogens with one attached hydrogen (secondary N) is 1. The number of hydrogen-bond donors (Lipinski definition) is 3. The number of aliphatic hydroxyl groups is 1. The molecule has 98 valence electrons. The molecular formula is C13H19N3OS. The summed E-state index contributed by atoms with van der Waals surface area (Å²) in [4.78, 5) is 4.47. The molecule has 18 heavy (non-hydrogen) atoms. The molecule has 0 radical (unpaired) electrons. The van der Waals surface area contributed by atoms with Gasteiger partial charge < -0.3 is 16.2 Å². The van der Waals surface area contributed by atoms with Crippen LogP contribution in [0.1, 0.15) is 26.7 Å². The zero-order valence-corrected chi connectivity index (χ0v) is 11.5. The second-order valence-corrected chi connectivity index (χ2v) is 5.56. The number of benzene rings is 1. The fourth-order valence-electron chi connectivity index (χ4n) is 1.76. The topological polar surface area (TPSA) is 71.2 Å². The average molecular weight is 265 g/mol. The van der Waals surface area contributed by atoms with Crippen molar-refractivity contribution in [1.82, 2.24) is 4.98 Å². The lowest BCUT2D eigenvalue weighted by atomic mass is 9.98. The van der Waals surface area contributed by atoms with E-state index in [1.807, 2.05) is 32.0 Å². The van der Waals surface area contributed by atoms with Crippen molar-refractivity contribution in [2.45, 2.75) is 32.3 Å². The Hall–Kier alpha value is -1.33. The van der Waals surface area contributed by atoms with Crippen LogP contribution in [0.2, 0.25) is 0 Å². The summed E-state index contributed by atoms with van der Waals surface area (Å²) in [6.07, 6.45) is 1.46. The van der Waals surface area contributed by atoms with Crippen LogP contribution in [0.5, 0.6) is 0 Å².